The highest BCUT2D eigenvalue weighted by molar-refractivity contribution is 7.09. The molecule has 0 saturated carbocycles. The quantitative estimate of drug-likeness (QED) is 0.631. The molecule has 0 aliphatic carbocycles. The van der Waals surface area contributed by atoms with Crippen LogP contribution in [0.4, 0.5) is 0 Å². The topological polar surface area (TPSA) is 48.1 Å². The lowest BCUT2D eigenvalue weighted by Crippen LogP contribution is -2.02. The molecule has 0 aliphatic rings. The average molecular weight is 353 g/mol. The van der Waals surface area contributed by atoms with Gasteiger partial charge in [-0.2, -0.15) is 0 Å². The number of nitrogens with zero attached hydrogens (tertiary/aromatic N) is 1. The molecule has 0 atom stereocenters. The smallest absolute Gasteiger partial charge is 0.129 e. The van der Waals surface area contributed by atoms with Gasteiger partial charge < -0.3 is 10.5 Å². The van der Waals surface area contributed by atoms with E-state index in [2.05, 4.69) is 42.6 Å². The Hall–Kier alpha value is -2.17. The first kappa shape index (κ1) is 17.6. The Morgan fingerprint density at radius 1 is 1.04 bits per heavy atom. The second kappa shape index (κ2) is 8.79. The van der Waals surface area contributed by atoms with Crippen molar-refractivity contribution in [2.24, 2.45) is 5.73 Å². The first-order valence-electron chi connectivity index (χ1n) is 8.74. The van der Waals surface area contributed by atoms with Gasteiger partial charge >= 0.3 is 0 Å². The molecule has 2 aromatic carbocycles. The van der Waals surface area contributed by atoms with Crippen molar-refractivity contribution in [3.63, 3.8) is 0 Å². The summed E-state index contributed by atoms with van der Waals surface area (Å²) in [6.07, 6.45) is 3.00. The van der Waals surface area contributed by atoms with Gasteiger partial charge in [-0.15, -0.1) is 11.3 Å². The molecule has 1 heterocycles. The Balaban J connectivity index is 1.87. The first-order valence-corrected chi connectivity index (χ1v) is 9.62. The maximum Gasteiger partial charge on any atom is 0.129 e. The van der Waals surface area contributed by atoms with E-state index in [4.69, 9.17) is 15.5 Å². The molecule has 0 fully saturated rings. The fourth-order valence-electron chi connectivity index (χ4n) is 2.76. The van der Waals surface area contributed by atoms with Crippen LogP contribution >= 0.6 is 11.3 Å². The van der Waals surface area contributed by atoms with Crippen LogP contribution in [0.2, 0.25) is 0 Å². The van der Waals surface area contributed by atoms with Crippen LogP contribution in [0, 0.1) is 0 Å². The Labute approximate surface area is 153 Å². The molecule has 130 valence electrons. The highest BCUT2D eigenvalue weighted by Gasteiger charge is 2.12. The summed E-state index contributed by atoms with van der Waals surface area (Å²) in [7, 11) is 0. The zero-order valence-corrected chi connectivity index (χ0v) is 15.4. The lowest BCUT2D eigenvalue weighted by atomic mass is 10.0. The van der Waals surface area contributed by atoms with E-state index in [1.165, 1.54) is 5.56 Å². The monoisotopic (exact) mass is 352 g/mol. The van der Waals surface area contributed by atoms with Crippen molar-refractivity contribution in [1.29, 1.82) is 0 Å². The number of hydrogen-bond donors (Lipinski definition) is 1. The third-order valence-electron chi connectivity index (χ3n) is 4.01. The van der Waals surface area contributed by atoms with Crippen LogP contribution in [0.25, 0.3) is 11.3 Å². The lowest BCUT2D eigenvalue weighted by Gasteiger charge is -2.12. The van der Waals surface area contributed by atoms with Gasteiger partial charge in [-0.3, -0.25) is 0 Å². The molecule has 0 unspecified atom stereocenters. The minimum absolute atomic E-state index is 0.556. The number of thiazole rings is 1. The number of nitrogens with two attached hydrogens (primary N) is 1. The maximum atomic E-state index is 6.12. The van der Waals surface area contributed by atoms with Crippen molar-refractivity contribution in [2.45, 2.75) is 32.8 Å². The molecule has 0 spiro atoms. The highest BCUT2D eigenvalue weighted by Crippen LogP contribution is 2.33. The summed E-state index contributed by atoms with van der Waals surface area (Å²) in [4.78, 5) is 4.75. The van der Waals surface area contributed by atoms with E-state index in [1.54, 1.807) is 11.3 Å². The molecule has 0 radical (unpaired) electrons. The van der Waals surface area contributed by atoms with E-state index in [-0.39, 0.29) is 0 Å². The fourth-order valence-corrected chi connectivity index (χ4v) is 3.57. The number of ether oxygens (including phenoxy) is 1. The Bertz CT molecular complexity index is 799. The van der Waals surface area contributed by atoms with Crippen LogP contribution in [0.1, 0.15) is 29.5 Å². The van der Waals surface area contributed by atoms with E-state index in [0.29, 0.717) is 13.2 Å². The summed E-state index contributed by atoms with van der Waals surface area (Å²) < 4.78 is 6.12. The van der Waals surface area contributed by atoms with Crippen LogP contribution in [-0.2, 0) is 19.4 Å². The van der Waals surface area contributed by atoms with Gasteiger partial charge in [0, 0.05) is 17.4 Å². The van der Waals surface area contributed by atoms with Gasteiger partial charge in [0.05, 0.1) is 10.7 Å². The fraction of sp³-hybridized carbons (Fsp3) is 0.286. The predicted octanol–water partition coefficient (Wildman–Crippen LogP) is 4.84. The summed E-state index contributed by atoms with van der Waals surface area (Å²) in [5.74, 6) is 0.883. The van der Waals surface area contributed by atoms with Gasteiger partial charge in [-0.1, -0.05) is 49.7 Å². The average Bonchev–Trinajstić information content (AvgIpc) is 3.10. The molecule has 3 aromatic rings. The van der Waals surface area contributed by atoms with Crippen LogP contribution in [0.15, 0.2) is 53.9 Å². The lowest BCUT2D eigenvalue weighted by molar-refractivity contribution is 0.307. The Kier molecular flexibility index (Phi) is 6.20. The second-order valence-electron chi connectivity index (χ2n) is 6.02. The van der Waals surface area contributed by atoms with Crippen molar-refractivity contribution in [3.8, 4) is 17.0 Å². The number of benzene rings is 2. The standard InChI is InChI=1S/C21H24N2OS/c1-2-6-16-9-10-20(24-14-17-7-4-3-5-8-17)18(13-16)19-15-25-21(23-19)11-12-22/h3-5,7-10,13,15H,2,6,11-12,14,22H2,1H3. The zero-order valence-electron chi connectivity index (χ0n) is 14.6. The van der Waals surface area contributed by atoms with E-state index >= 15 is 0 Å². The molecule has 2 N–H and O–H groups in total. The van der Waals surface area contributed by atoms with Gasteiger partial charge in [0.25, 0.3) is 0 Å². The van der Waals surface area contributed by atoms with E-state index in [1.807, 2.05) is 18.2 Å². The van der Waals surface area contributed by atoms with Crippen molar-refractivity contribution in [1.82, 2.24) is 4.98 Å². The third kappa shape index (κ3) is 4.68. The van der Waals surface area contributed by atoms with Gasteiger partial charge in [0.15, 0.2) is 0 Å². The SMILES string of the molecule is CCCc1ccc(OCc2ccccc2)c(-c2csc(CCN)n2)c1. The highest BCUT2D eigenvalue weighted by atomic mass is 32.1. The molecule has 0 saturated heterocycles. The molecule has 3 rings (SSSR count). The zero-order chi connectivity index (χ0) is 17.5. The van der Waals surface area contributed by atoms with E-state index in [9.17, 15) is 0 Å². The summed E-state index contributed by atoms with van der Waals surface area (Å²) in [5.41, 5.74) is 10.2. The Morgan fingerprint density at radius 2 is 1.88 bits per heavy atom. The number of rotatable bonds is 8. The molecule has 0 amide bonds. The molecule has 1 aromatic heterocycles. The van der Waals surface area contributed by atoms with Crippen LogP contribution in [-0.4, -0.2) is 11.5 Å². The maximum absolute atomic E-state index is 6.12. The number of aryl methyl sites for hydroxylation is 1. The molecule has 4 heteroatoms. The van der Waals surface area contributed by atoms with Gasteiger partial charge in [-0.05, 0) is 36.2 Å². The molecule has 0 bridgehead atoms. The van der Waals surface area contributed by atoms with Crippen LogP contribution in [0.3, 0.4) is 0 Å². The third-order valence-corrected chi connectivity index (χ3v) is 4.91. The molecule has 0 aliphatic heterocycles. The van der Waals surface area contributed by atoms with Crippen molar-refractivity contribution in [2.75, 3.05) is 6.54 Å². The van der Waals surface area contributed by atoms with Gasteiger partial charge in [-0.25, -0.2) is 4.98 Å². The summed E-state index contributed by atoms with van der Waals surface area (Å²) in [5, 5.41) is 3.18. The summed E-state index contributed by atoms with van der Waals surface area (Å²) in [6, 6.07) is 16.7. The van der Waals surface area contributed by atoms with Crippen LogP contribution in [0.5, 0.6) is 5.75 Å². The number of aromatic nitrogens is 1. The molecule has 3 nitrogen and oxygen atoms in total. The predicted molar refractivity (Wildman–Crippen MR) is 105 cm³/mol. The van der Waals surface area contributed by atoms with Crippen LogP contribution < -0.4 is 10.5 Å². The second-order valence-corrected chi connectivity index (χ2v) is 6.96. The number of hydrogen-bond acceptors (Lipinski definition) is 4. The van der Waals surface area contributed by atoms with E-state index < -0.39 is 0 Å². The Morgan fingerprint density at radius 3 is 2.64 bits per heavy atom. The summed E-state index contributed by atoms with van der Waals surface area (Å²) in [6.45, 7) is 3.38. The molecular formula is C21H24N2OS. The van der Waals surface area contributed by atoms with Crippen molar-refractivity contribution in [3.05, 3.63) is 70.0 Å². The van der Waals surface area contributed by atoms with Crippen molar-refractivity contribution < 1.29 is 4.74 Å². The first-order chi connectivity index (χ1) is 12.3. The molecular weight excluding hydrogens is 328 g/mol. The van der Waals surface area contributed by atoms with Gasteiger partial charge in [0.2, 0.25) is 0 Å². The van der Waals surface area contributed by atoms with Gasteiger partial charge in [0.1, 0.15) is 12.4 Å². The largest absolute Gasteiger partial charge is 0.488 e. The minimum Gasteiger partial charge on any atom is -0.488 e. The van der Waals surface area contributed by atoms with E-state index in [0.717, 1.165) is 46.8 Å². The van der Waals surface area contributed by atoms with Crippen molar-refractivity contribution >= 4 is 11.3 Å². The molecule has 25 heavy (non-hydrogen) atoms. The normalized spacial score (nSPS) is 10.8. The minimum atomic E-state index is 0.556. The summed E-state index contributed by atoms with van der Waals surface area (Å²) >= 11 is 1.66.